The first-order valence-corrected chi connectivity index (χ1v) is 9.92. The Bertz CT molecular complexity index is 1060. The fourth-order valence-corrected chi connectivity index (χ4v) is 4.44. The van der Waals surface area contributed by atoms with Crippen LogP contribution < -0.4 is 5.63 Å². The molecule has 0 N–H and O–H groups in total. The summed E-state index contributed by atoms with van der Waals surface area (Å²) in [6.45, 7) is 3.69. The van der Waals surface area contributed by atoms with Crippen LogP contribution in [0.15, 0.2) is 44.0 Å². The van der Waals surface area contributed by atoms with Gasteiger partial charge in [0, 0.05) is 23.9 Å². The molecule has 2 aliphatic carbocycles. The molecule has 140 valence electrons. The summed E-state index contributed by atoms with van der Waals surface area (Å²) in [7, 11) is 2.07. The van der Waals surface area contributed by atoms with E-state index in [1.807, 2.05) is 0 Å². The third-order valence-corrected chi connectivity index (χ3v) is 6.07. The van der Waals surface area contributed by atoms with Crippen LogP contribution in [0.3, 0.4) is 0 Å². The largest absolute Gasteiger partial charge is 0.464 e. The maximum absolute atomic E-state index is 12.1. The smallest absolute Gasteiger partial charge is 0.336 e. The van der Waals surface area contributed by atoms with Gasteiger partial charge in [-0.05, 0) is 79.6 Å². The van der Waals surface area contributed by atoms with Gasteiger partial charge in [0.1, 0.15) is 17.1 Å². The standard InChI is InChI=1S/C23H25NO3/c1-14-8-19(14)21-7-6-18(26-21)13-24(2)12-17-11-23(25)27-22-10-16-5-3-4-15(16)9-20(17)22/h6-7,9-11,14,19H,3-5,8,12-13H2,1-2H3. The lowest BCUT2D eigenvalue weighted by Gasteiger charge is -2.16. The van der Waals surface area contributed by atoms with Crippen molar-refractivity contribution in [3.8, 4) is 0 Å². The molecule has 2 atom stereocenters. The molecule has 4 heteroatoms. The number of furan rings is 1. The highest BCUT2D eigenvalue weighted by molar-refractivity contribution is 5.82. The predicted molar refractivity (Wildman–Crippen MR) is 105 cm³/mol. The lowest BCUT2D eigenvalue weighted by atomic mass is 10.0. The number of hydrogen-bond acceptors (Lipinski definition) is 4. The lowest BCUT2D eigenvalue weighted by molar-refractivity contribution is 0.283. The van der Waals surface area contributed by atoms with Crippen LogP contribution in [0.4, 0.5) is 0 Å². The summed E-state index contributed by atoms with van der Waals surface area (Å²) in [6.07, 6.45) is 4.62. The van der Waals surface area contributed by atoms with E-state index in [9.17, 15) is 4.79 Å². The number of nitrogens with zero attached hydrogens (tertiary/aromatic N) is 1. The average molecular weight is 363 g/mol. The van der Waals surface area contributed by atoms with Gasteiger partial charge < -0.3 is 8.83 Å². The minimum Gasteiger partial charge on any atom is -0.464 e. The van der Waals surface area contributed by atoms with Crippen molar-refractivity contribution in [1.29, 1.82) is 0 Å². The van der Waals surface area contributed by atoms with Gasteiger partial charge in [0.15, 0.2) is 0 Å². The van der Waals surface area contributed by atoms with E-state index in [1.165, 1.54) is 24.0 Å². The molecule has 0 bridgehead atoms. The fourth-order valence-electron chi connectivity index (χ4n) is 4.44. The van der Waals surface area contributed by atoms with E-state index in [0.717, 1.165) is 53.4 Å². The van der Waals surface area contributed by atoms with Crippen molar-refractivity contribution in [3.63, 3.8) is 0 Å². The highest BCUT2D eigenvalue weighted by Gasteiger charge is 2.36. The van der Waals surface area contributed by atoms with E-state index in [2.05, 4.69) is 43.1 Å². The van der Waals surface area contributed by atoms with Crippen LogP contribution in [0.5, 0.6) is 0 Å². The molecule has 2 aliphatic rings. The number of hydrogen-bond donors (Lipinski definition) is 0. The molecule has 0 saturated heterocycles. The predicted octanol–water partition coefficient (Wildman–Crippen LogP) is 4.63. The lowest BCUT2D eigenvalue weighted by Crippen LogP contribution is -2.18. The van der Waals surface area contributed by atoms with Crippen LogP contribution in [0, 0.1) is 5.92 Å². The van der Waals surface area contributed by atoms with E-state index >= 15 is 0 Å². The molecule has 0 amide bonds. The Morgan fingerprint density at radius 2 is 1.85 bits per heavy atom. The van der Waals surface area contributed by atoms with E-state index in [-0.39, 0.29) is 5.63 Å². The molecule has 0 aliphatic heterocycles. The van der Waals surface area contributed by atoms with Gasteiger partial charge in [-0.15, -0.1) is 0 Å². The normalized spacial score (nSPS) is 21.1. The zero-order valence-electron chi connectivity index (χ0n) is 16.0. The second-order valence-electron chi connectivity index (χ2n) is 8.36. The van der Waals surface area contributed by atoms with E-state index in [1.54, 1.807) is 6.07 Å². The Kier molecular flexibility index (Phi) is 3.97. The van der Waals surface area contributed by atoms with Crippen molar-refractivity contribution in [2.75, 3.05) is 7.05 Å². The first-order chi connectivity index (χ1) is 13.1. The van der Waals surface area contributed by atoms with E-state index < -0.39 is 0 Å². The van der Waals surface area contributed by atoms with Crippen LogP contribution in [0.1, 0.15) is 53.9 Å². The molecule has 0 spiro atoms. The highest BCUT2D eigenvalue weighted by Crippen LogP contribution is 2.47. The number of rotatable bonds is 5. The van der Waals surface area contributed by atoms with Crippen molar-refractivity contribution in [2.45, 2.75) is 51.6 Å². The molecule has 1 aromatic carbocycles. The van der Waals surface area contributed by atoms with Crippen molar-refractivity contribution < 1.29 is 8.83 Å². The molecule has 4 nitrogen and oxygen atoms in total. The van der Waals surface area contributed by atoms with Gasteiger partial charge in [0.2, 0.25) is 0 Å². The van der Waals surface area contributed by atoms with Gasteiger partial charge in [-0.25, -0.2) is 4.79 Å². The molecule has 2 heterocycles. The van der Waals surface area contributed by atoms with Crippen LogP contribution in [-0.2, 0) is 25.9 Å². The van der Waals surface area contributed by atoms with Crippen molar-refractivity contribution in [2.24, 2.45) is 5.92 Å². The number of benzene rings is 1. The van der Waals surface area contributed by atoms with Gasteiger partial charge in [0.25, 0.3) is 0 Å². The van der Waals surface area contributed by atoms with Crippen molar-refractivity contribution >= 4 is 11.0 Å². The van der Waals surface area contributed by atoms with Gasteiger partial charge in [-0.1, -0.05) is 6.92 Å². The molecular weight excluding hydrogens is 338 g/mol. The van der Waals surface area contributed by atoms with Gasteiger partial charge in [-0.2, -0.15) is 0 Å². The van der Waals surface area contributed by atoms with Crippen LogP contribution in [0.2, 0.25) is 0 Å². The Hall–Kier alpha value is -2.33. The maximum Gasteiger partial charge on any atom is 0.336 e. The monoisotopic (exact) mass is 363 g/mol. The molecule has 1 fully saturated rings. The maximum atomic E-state index is 12.1. The van der Waals surface area contributed by atoms with Gasteiger partial charge >= 0.3 is 5.63 Å². The fraction of sp³-hybridized carbons (Fsp3) is 0.435. The first-order valence-electron chi connectivity index (χ1n) is 9.92. The Balaban J connectivity index is 1.38. The van der Waals surface area contributed by atoms with Crippen molar-refractivity contribution in [1.82, 2.24) is 4.90 Å². The summed E-state index contributed by atoms with van der Waals surface area (Å²) in [6, 6.07) is 10.1. The molecule has 3 aromatic rings. The first kappa shape index (κ1) is 16.8. The van der Waals surface area contributed by atoms with Crippen LogP contribution in [-0.4, -0.2) is 11.9 Å². The zero-order chi connectivity index (χ0) is 18.5. The molecule has 2 unspecified atom stereocenters. The third-order valence-electron chi connectivity index (χ3n) is 6.07. The van der Waals surface area contributed by atoms with Gasteiger partial charge in [-0.3, -0.25) is 4.90 Å². The van der Waals surface area contributed by atoms with Crippen LogP contribution >= 0.6 is 0 Å². The highest BCUT2D eigenvalue weighted by atomic mass is 16.4. The topological polar surface area (TPSA) is 46.6 Å². The molecule has 0 radical (unpaired) electrons. The molecular formula is C23H25NO3. The second-order valence-corrected chi connectivity index (χ2v) is 8.36. The Morgan fingerprint density at radius 1 is 1.07 bits per heavy atom. The molecule has 27 heavy (non-hydrogen) atoms. The molecule has 1 saturated carbocycles. The summed E-state index contributed by atoms with van der Waals surface area (Å²) in [5.74, 6) is 3.46. The van der Waals surface area contributed by atoms with E-state index in [0.29, 0.717) is 12.5 Å². The molecule has 2 aromatic heterocycles. The minimum atomic E-state index is -0.271. The second kappa shape index (κ2) is 6.38. The summed E-state index contributed by atoms with van der Waals surface area (Å²) >= 11 is 0. The molecule has 5 rings (SSSR count). The Labute approximate surface area is 158 Å². The average Bonchev–Trinajstić information content (AvgIpc) is 3.01. The van der Waals surface area contributed by atoms with Crippen molar-refractivity contribution in [3.05, 3.63) is 69.0 Å². The summed E-state index contributed by atoms with van der Waals surface area (Å²) in [5.41, 5.74) is 4.20. The quantitative estimate of drug-likeness (QED) is 0.620. The van der Waals surface area contributed by atoms with Gasteiger partial charge in [0.05, 0.1) is 6.54 Å². The minimum absolute atomic E-state index is 0.271. The number of aryl methyl sites for hydroxylation is 2. The third kappa shape index (κ3) is 3.23. The number of fused-ring (bicyclic) bond motifs is 2. The van der Waals surface area contributed by atoms with E-state index in [4.69, 9.17) is 8.83 Å². The zero-order valence-corrected chi connectivity index (χ0v) is 16.0. The van der Waals surface area contributed by atoms with Crippen LogP contribution in [0.25, 0.3) is 11.0 Å². The summed E-state index contributed by atoms with van der Waals surface area (Å²) in [5, 5.41) is 1.06. The summed E-state index contributed by atoms with van der Waals surface area (Å²) < 4.78 is 11.5. The SMILES string of the molecule is CC1CC1c1ccc(CN(C)Cc2cc(=O)oc3cc4c(cc23)CCC4)o1. The summed E-state index contributed by atoms with van der Waals surface area (Å²) in [4.78, 5) is 14.3. The Morgan fingerprint density at radius 3 is 2.63 bits per heavy atom.